The molecule has 4 N–H and O–H groups in total. The van der Waals surface area contributed by atoms with Crippen LogP contribution in [0.25, 0.3) is 0 Å². The third-order valence-corrected chi connectivity index (χ3v) is 5.52. The molecule has 202 valence electrons. The van der Waals surface area contributed by atoms with Crippen molar-refractivity contribution in [2.24, 2.45) is 10.7 Å². The van der Waals surface area contributed by atoms with Gasteiger partial charge >= 0.3 is 0 Å². The zero-order valence-electron chi connectivity index (χ0n) is 22.3. The molecule has 0 aromatic heterocycles. The van der Waals surface area contributed by atoms with Crippen molar-refractivity contribution in [1.82, 2.24) is 5.32 Å². The van der Waals surface area contributed by atoms with Gasteiger partial charge in [0.1, 0.15) is 28.5 Å². The lowest BCUT2D eigenvalue weighted by Crippen LogP contribution is -2.36. The number of nitrogens with one attached hydrogen (secondary N) is 1. The summed E-state index contributed by atoms with van der Waals surface area (Å²) in [5.74, 6) is 6.15. The first-order valence-electron chi connectivity index (χ1n) is 12.2. The second-order valence-corrected chi connectivity index (χ2v) is 9.54. The molecule has 8 nitrogen and oxygen atoms in total. The number of aliphatic imine (C=N–C) groups is 1. The van der Waals surface area contributed by atoms with Crippen molar-refractivity contribution >= 4 is 34.7 Å². The Hall–Kier alpha value is -3.80. The smallest absolute Gasteiger partial charge is 0.267 e. The number of aliphatic hydroxyl groups is 1. The van der Waals surface area contributed by atoms with Gasteiger partial charge in [-0.05, 0) is 44.0 Å². The zero-order valence-corrected chi connectivity index (χ0v) is 23.0. The molecular formula is C29H35ClN4O4. The van der Waals surface area contributed by atoms with E-state index in [0.29, 0.717) is 49.0 Å². The lowest BCUT2D eigenvalue weighted by Gasteiger charge is -2.18. The van der Waals surface area contributed by atoms with Crippen LogP contribution in [0.4, 0.5) is 5.69 Å². The SMILES string of the molecule is CN(C)c1cc(C#CC(C)(C)O)ccc1OCCC=O.NC1=C(C(Cl)=NCc2ccccc2)CCNC1=O. The van der Waals surface area contributed by atoms with Gasteiger partial charge in [-0.3, -0.25) is 9.79 Å². The first-order valence-corrected chi connectivity index (χ1v) is 12.5. The molecule has 0 saturated heterocycles. The molecule has 2 aromatic carbocycles. The van der Waals surface area contributed by atoms with Crippen molar-refractivity contribution in [3.8, 4) is 17.6 Å². The molecule has 1 heterocycles. The van der Waals surface area contributed by atoms with Gasteiger partial charge in [-0.25, -0.2) is 0 Å². The minimum atomic E-state index is -1.02. The molecule has 1 aliphatic rings. The fourth-order valence-electron chi connectivity index (χ4n) is 3.23. The van der Waals surface area contributed by atoms with Crippen molar-refractivity contribution in [2.45, 2.75) is 38.8 Å². The second kappa shape index (κ2) is 14.8. The molecule has 0 unspecified atom stereocenters. The maximum Gasteiger partial charge on any atom is 0.267 e. The molecule has 1 amide bonds. The zero-order chi connectivity index (χ0) is 28.1. The van der Waals surface area contributed by atoms with Gasteiger partial charge in [-0.2, -0.15) is 0 Å². The van der Waals surface area contributed by atoms with Gasteiger partial charge in [-0.15, -0.1) is 0 Å². The van der Waals surface area contributed by atoms with Gasteiger partial charge in [0.25, 0.3) is 5.91 Å². The Kier molecular flexibility index (Phi) is 11.9. The summed E-state index contributed by atoms with van der Waals surface area (Å²) in [4.78, 5) is 27.9. The van der Waals surface area contributed by atoms with E-state index in [1.807, 2.05) is 67.5 Å². The minimum Gasteiger partial charge on any atom is -0.491 e. The number of hydrogen-bond donors (Lipinski definition) is 3. The third-order valence-electron chi connectivity index (χ3n) is 5.17. The largest absolute Gasteiger partial charge is 0.491 e. The number of carbonyl (C=O) groups excluding carboxylic acids is 2. The summed E-state index contributed by atoms with van der Waals surface area (Å²) < 4.78 is 5.57. The van der Waals surface area contributed by atoms with Crippen LogP contribution in [-0.4, -0.2) is 55.3 Å². The number of ether oxygens (including phenoxy) is 1. The number of nitrogens with zero attached hydrogens (tertiary/aromatic N) is 2. The second-order valence-electron chi connectivity index (χ2n) is 9.18. The van der Waals surface area contributed by atoms with Gasteiger partial charge in [0.15, 0.2) is 0 Å². The molecule has 0 fully saturated rings. The van der Waals surface area contributed by atoms with Crippen molar-refractivity contribution in [3.63, 3.8) is 0 Å². The highest BCUT2D eigenvalue weighted by Gasteiger charge is 2.19. The van der Waals surface area contributed by atoms with Crippen LogP contribution in [0.15, 0.2) is 64.8 Å². The lowest BCUT2D eigenvalue weighted by molar-refractivity contribution is -0.117. The van der Waals surface area contributed by atoms with Crippen molar-refractivity contribution in [3.05, 3.63) is 70.9 Å². The number of benzene rings is 2. The predicted octanol–water partition coefficient (Wildman–Crippen LogP) is 3.40. The van der Waals surface area contributed by atoms with Crippen LogP contribution in [0.1, 0.15) is 37.8 Å². The normalized spacial score (nSPS) is 13.4. The van der Waals surface area contributed by atoms with Gasteiger partial charge < -0.3 is 30.6 Å². The standard InChI is InChI=1S/C16H21NO3.C13H14ClN3O/c1-16(2,19)9-8-13-6-7-15(20-11-5-10-18)14(12-13)17(3)4;14-12(10-6-7-16-13(18)11(10)15)17-8-9-4-2-1-3-5-9/h6-7,10,12,19H,5,11H2,1-4H3;1-5H,6-8,15H2,(H,16,18). The average molecular weight is 539 g/mol. The Morgan fingerprint density at radius 2 is 1.97 bits per heavy atom. The lowest BCUT2D eigenvalue weighted by atomic mass is 10.1. The van der Waals surface area contributed by atoms with E-state index in [4.69, 9.17) is 22.1 Å². The van der Waals surface area contributed by atoms with Crippen molar-refractivity contribution < 1.29 is 19.4 Å². The van der Waals surface area contributed by atoms with Crippen molar-refractivity contribution in [2.75, 3.05) is 32.1 Å². The van der Waals surface area contributed by atoms with Gasteiger partial charge in [-0.1, -0.05) is 53.8 Å². The van der Waals surface area contributed by atoms with E-state index in [0.717, 1.165) is 23.1 Å². The highest BCUT2D eigenvalue weighted by Crippen LogP contribution is 2.28. The molecule has 0 aliphatic carbocycles. The van der Waals surface area contributed by atoms with E-state index >= 15 is 0 Å². The Bertz CT molecular complexity index is 1220. The number of rotatable bonds is 8. The molecule has 3 rings (SSSR count). The Morgan fingerprint density at radius 3 is 2.61 bits per heavy atom. The number of hydrogen-bond acceptors (Lipinski definition) is 7. The molecular weight excluding hydrogens is 504 g/mol. The summed E-state index contributed by atoms with van der Waals surface area (Å²) >= 11 is 6.10. The Labute approximate surface area is 229 Å². The first kappa shape index (κ1) is 30.4. The quantitative estimate of drug-likeness (QED) is 0.205. The molecule has 0 spiro atoms. The molecule has 0 atom stereocenters. The van der Waals surface area contributed by atoms with Gasteiger partial charge in [0.05, 0.1) is 18.8 Å². The minimum absolute atomic E-state index is 0.170. The molecule has 2 aromatic rings. The van der Waals surface area contributed by atoms with Gasteiger partial charge in [0, 0.05) is 38.2 Å². The Balaban J connectivity index is 0.000000268. The molecule has 0 saturated carbocycles. The first-order chi connectivity index (χ1) is 18.0. The van der Waals surface area contributed by atoms with E-state index in [2.05, 4.69) is 22.2 Å². The van der Waals surface area contributed by atoms with E-state index in [9.17, 15) is 14.7 Å². The van der Waals surface area contributed by atoms with E-state index in [-0.39, 0.29) is 11.6 Å². The fraction of sp³-hybridized carbons (Fsp3) is 0.345. The summed E-state index contributed by atoms with van der Waals surface area (Å²) in [7, 11) is 3.82. The maximum absolute atomic E-state index is 11.4. The molecule has 0 bridgehead atoms. The highest BCUT2D eigenvalue weighted by atomic mass is 35.5. The molecule has 0 radical (unpaired) electrons. The van der Waals surface area contributed by atoms with Crippen LogP contribution in [-0.2, 0) is 16.1 Å². The molecule has 1 aliphatic heterocycles. The number of amides is 1. The summed E-state index contributed by atoms with van der Waals surface area (Å²) in [6.45, 7) is 4.68. The number of anilines is 1. The number of nitrogens with two attached hydrogens (primary N) is 1. The van der Waals surface area contributed by atoms with Crippen molar-refractivity contribution in [1.29, 1.82) is 0 Å². The summed E-state index contributed by atoms with van der Waals surface area (Å²) in [5.41, 5.74) is 8.24. The average Bonchev–Trinajstić information content (AvgIpc) is 2.88. The van der Waals surface area contributed by atoms with Crippen LogP contribution >= 0.6 is 11.6 Å². The summed E-state index contributed by atoms with van der Waals surface area (Å²) in [5, 5.41) is 12.6. The van der Waals surface area contributed by atoms with Crippen LogP contribution in [0.2, 0.25) is 0 Å². The van der Waals surface area contributed by atoms with Crippen LogP contribution in [0, 0.1) is 11.8 Å². The van der Waals surface area contributed by atoms with E-state index in [1.165, 1.54) is 0 Å². The topological polar surface area (TPSA) is 117 Å². The van der Waals surface area contributed by atoms with Gasteiger partial charge in [0.2, 0.25) is 0 Å². The third kappa shape index (κ3) is 10.3. The predicted molar refractivity (Wildman–Crippen MR) is 152 cm³/mol. The van der Waals surface area contributed by atoms with Crippen LogP contribution < -0.4 is 20.7 Å². The van der Waals surface area contributed by atoms with E-state index < -0.39 is 5.60 Å². The number of halogens is 1. The summed E-state index contributed by atoms with van der Waals surface area (Å²) in [6, 6.07) is 15.3. The highest BCUT2D eigenvalue weighted by molar-refractivity contribution is 6.69. The fourth-order valence-corrected chi connectivity index (χ4v) is 3.49. The van der Waals surface area contributed by atoms with Crippen LogP contribution in [0.5, 0.6) is 5.75 Å². The number of aldehydes is 1. The summed E-state index contributed by atoms with van der Waals surface area (Å²) in [6.07, 6.45) is 1.82. The molecule has 9 heteroatoms. The maximum atomic E-state index is 11.4. The monoisotopic (exact) mass is 538 g/mol. The number of carbonyl (C=O) groups is 2. The molecule has 38 heavy (non-hydrogen) atoms. The van der Waals surface area contributed by atoms with E-state index in [1.54, 1.807) is 13.8 Å². The van der Waals surface area contributed by atoms with Crippen LogP contribution in [0.3, 0.4) is 0 Å². The Morgan fingerprint density at radius 1 is 1.26 bits per heavy atom.